The number of hydrogen-bond donors (Lipinski definition) is 0. The maximum atomic E-state index is 13.7. The molecule has 2 amide bonds. The minimum Gasteiger partial charge on any atom is -0.349 e. The molecule has 1 aliphatic heterocycles. The van der Waals surface area contributed by atoms with E-state index in [1.54, 1.807) is 17.3 Å². The second kappa shape index (κ2) is 11.0. The first-order chi connectivity index (χ1) is 16.5. The van der Waals surface area contributed by atoms with Gasteiger partial charge in [0, 0.05) is 44.6 Å². The van der Waals surface area contributed by atoms with Crippen molar-refractivity contribution in [3.63, 3.8) is 0 Å². The summed E-state index contributed by atoms with van der Waals surface area (Å²) in [5.41, 5.74) is 1.15. The van der Waals surface area contributed by atoms with Crippen molar-refractivity contribution in [2.75, 3.05) is 26.2 Å². The number of aromatic nitrogens is 1. The summed E-state index contributed by atoms with van der Waals surface area (Å²) >= 11 is 0. The van der Waals surface area contributed by atoms with Gasteiger partial charge in [0.1, 0.15) is 11.1 Å². The number of amides is 2. The van der Waals surface area contributed by atoms with Crippen molar-refractivity contribution in [2.45, 2.75) is 70.8 Å². The molecule has 0 unspecified atom stereocenters. The van der Waals surface area contributed by atoms with Gasteiger partial charge in [-0.3, -0.25) is 14.4 Å². The van der Waals surface area contributed by atoms with Crippen LogP contribution in [-0.2, 0) is 0 Å². The predicted octanol–water partition coefficient (Wildman–Crippen LogP) is 4.86. The highest BCUT2D eigenvalue weighted by Crippen LogP contribution is 2.30. The van der Waals surface area contributed by atoms with Gasteiger partial charge < -0.3 is 14.4 Å². The molecule has 6 nitrogen and oxygen atoms in total. The number of benzene rings is 1. The largest absolute Gasteiger partial charge is 0.349 e. The normalized spacial score (nSPS) is 19.1. The lowest BCUT2D eigenvalue weighted by Gasteiger charge is -2.24. The van der Waals surface area contributed by atoms with E-state index in [4.69, 9.17) is 0 Å². The number of pyridine rings is 1. The van der Waals surface area contributed by atoms with Crippen LogP contribution >= 0.6 is 0 Å². The zero-order valence-corrected chi connectivity index (χ0v) is 20.5. The summed E-state index contributed by atoms with van der Waals surface area (Å²) in [5.74, 6) is -0.0965. The van der Waals surface area contributed by atoms with Gasteiger partial charge in [-0.15, -0.1) is 0 Å². The first-order valence-corrected chi connectivity index (χ1v) is 12.9. The van der Waals surface area contributed by atoms with E-state index in [0.29, 0.717) is 32.1 Å². The van der Waals surface area contributed by atoms with E-state index in [1.807, 2.05) is 29.4 Å². The molecule has 1 atom stereocenters. The van der Waals surface area contributed by atoms with Gasteiger partial charge in [-0.2, -0.15) is 0 Å². The van der Waals surface area contributed by atoms with E-state index in [1.165, 1.54) is 5.56 Å². The zero-order chi connectivity index (χ0) is 24.1. The molecule has 2 aliphatic rings. The monoisotopic (exact) mass is 463 g/mol. The minimum atomic E-state index is -0.431. The van der Waals surface area contributed by atoms with E-state index < -0.39 is 5.43 Å². The highest BCUT2D eigenvalue weighted by Gasteiger charge is 2.29. The molecule has 0 radical (unpaired) electrons. The lowest BCUT2D eigenvalue weighted by atomic mass is 9.92. The Morgan fingerprint density at radius 3 is 2.24 bits per heavy atom. The van der Waals surface area contributed by atoms with Crippen molar-refractivity contribution < 1.29 is 9.59 Å². The molecule has 0 N–H and O–H groups in total. The Morgan fingerprint density at radius 1 is 0.882 bits per heavy atom. The summed E-state index contributed by atoms with van der Waals surface area (Å²) in [6.45, 7) is 6.14. The van der Waals surface area contributed by atoms with Crippen LogP contribution in [0, 0.1) is 0 Å². The van der Waals surface area contributed by atoms with Gasteiger partial charge in [0.2, 0.25) is 5.43 Å². The van der Waals surface area contributed by atoms with Gasteiger partial charge in [0.25, 0.3) is 11.8 Å². The molecule has 2 heterocycles. The van der Waals surface area contributed by atoms with Gasteiger partial charge in [-0.25, -0.2) is 0 Å². The van der Waals surface area contributed by atoms with Crippen molar-refractivity contribution in [1.29, 1.82) is 0 Å². The van der Waals surface area contributed by atoms with Crippen molar-refractivity contribution in [3.05, 3.63) is 69.6 Å². The van der Waals surface area contributed by atoms with Crippen LogP contribution in [0.3, 0.4) is 0 Å². The first kappa shape index (κ1) is 24.2. The van der Waals surface area contributed by atoms with Gasteiger partial charge in [-0.05, 0) is 57.4 Å². The zero-order valence-electron chi connectivity index (χ0n) is 20.5. The number of carbonyl (C=O) groups excluding carboxylic acids is 2. The lowest BCUT2D eigenvalue weighted by Crippen LogP contribution is -2.39. The van der Waals surface area contributed by atoms with Gasteiger partial charge in [0.15, 0.2) is 0 Å². The fourth-order valence-electron chi connectivity index (χ4n) is 5.53. The van der Waals surface area contributed by atoms with Gasteiger partial charge in [-0.1, -0.05) is 43.2 Å². The third kappa shape index (κ3) is 5.11. The third-order valence-corrected chi connectivity index (χ3v) is 7.59. The Labute approximate surface area is 202 Å². The fourth-order valence-corrected chi connectivity index (χ4v) is 5.53. The number of carbonyl (C=O) groups is 2. The first-order valence-electron chi connectivity index (χ1n) is 12.9. The molecule has 1 aromatic heterocycles. The summed E-state index contributed by atoms with van der Waals surface area (Å²) < 4.78 is 1.98. The molecule has 1 aliphatic carbocycles. The number of likely N-dealkylation sites (tertiary alicyclic amines) is 1. The summed E-state index contributed by atoms with van der Waals surface area (Å²) in [4.78, 5) is 43.8. The van der Waals surface area contributed by atoms with Crippen LogP contribution in [0.5, 0.6) is 0 Å². The quantitative estimate of drug-likeness (QED) is 0.615. The Hall–Kier alpha value is -2.89. The summed E-state index contributed by atoms with van der Waals surface area (Å²) in [5, 5.41) is 0. The van der Waals surface area contributed by atoms with Crippen molar-refractivity contribution in [1.82, 2.24) is 14.4 Å². The SMILES string of the molecule is CCN(CC)C(=O)c1cn(C2CCCC2)cc(C(=O)N2CCC[C@H](c3ccccc3)CC2)c1=O. The van der Waals surface area contributed by atoms with Crippen LogP contribution in [0.25, 0.3) is 0 Å². The number of rotatable bonds is 6. The van der Waals surface area contributed by atoms with Gasteiger partial charge >= 0.3 is 0 Å². The average Bonchev–Trinajstić information content (AvgIpc) is 3.29. The maximum Gasteiger partial charge on any atom is 0.259 e. The average molecular weight is 464 g/mol. The summed E-state index contributed by atoms with van der Waals surface area (Å²) in [6.07, 6.45) is 10.5. The third-order valence-electron chi connectivity index (χ3n) is 7.59. The van der Waals surface area contributed by atoms with Crippen LogP contribution in [-0.4, -0.2) is 52.4 Å². The molecule has 2 aromatic rings. The minimum absolute atomic E-state index is 0.124. The molecule has 1 saturated carbocycles. The molecule has 4 rings (SSSR count). The van der Waals surface area contributed by atoms with Crippen LogP contribution < -0.4 is 5.43 Å². The van der Waals surface area contributed by atoms with E-state index in [0.717, 1.165) is 44.9 Å². The van der Waals surface area contributed by atoms with E-state index >= 15 is 0 Å². The molecule has 1 saturated heterocycles. The van der Waals surface area contributed by atoms with Crippen LogP contribution in [0.15, 0.2) is 47.5 Å². The van der Waals surface area contributed by atoms with E-state index in [9.17, 15) is 14.4 Å². The van der Waals surface area contributed by atoms with E-state index in [-0.39, 0.29) is 29.0 Å². The Morgan fingerprint density at radius 2 is 1.56 bits per heavy atom. The number of hydrogen-bond acceptors (Lipinski definition) is 3. The Bertz CT molecular complexity index is 1050. The predicted molar refractivity (Wildman–Crippen MR) is 134 cm³/mol. The molecule has 182 valence electrons. The standard InChI is InChI=1S/C28H37N3O3/c1-3-29(4-2)27(33)24-19-31(23-14-8-9-15-23)20-25(26(24)32)28(34)30-17-10-13-22(16-18-30)21-11-6-5-7-12-21/h5-7,11-12,19-20,22-23H,3-4,8-10,13-18H2,1-2H3/t22-/m0/s1. The second-order valence-electron chi connectivity index (χ2n) is 9.61. The topological polar surface area (TPSA) is 62.6 Å². The fraction of sp³-hybridized carbons (Fsp3) is 0.536. The molecule has 1 aromatic carbocycles. The van der Waals surface area contributed by atoms with E-state index in [2.05, 4.69) is 24.3 Å². The molecular formula is C28H37N3O3. The van der Waals surface area contributed by atoms with Crippen LogP contribution in [0.2, 0.25) is 0 Å². The molecule has 0 spiro atoms. The Kier molecular flexibility index (Phi) is 7.86. The van der Waals surface area contributed by atoms with Gasteiger partial charge in [0.05, 0.1) is 0 Å². The molecular weight excluding hydrogens is 426 g/mol. The Balaban J connectivity index is 1.63. The lowest BCUT2D eigenvalue weighted by molar-refractivity contribution is 0.0757. The molecule has 0 bridgehead atoms. The van der Waals surface area contributed by atoms with Crippen molar-refractivity contribution in [2.24, 2.45) is 0 Å². The van der Waals surface area contributed by atoms with Crippen LogP contribution in [0.4, 0.5) is 0 Å². The summed E-state index contributed by atoms with van der Waals surface area (Å²) in [6, 6.07) is 10.7. The molecule has 2 fully saturated rings. The highest BCUT2D eigenvalue weighted by molar-refractivity contribution is 5.99. The second-order valence-corrected chi connectivity index (χ2v) is 9.61. The smallest absolute Gasteiger partial charge is 0.259 e. The molecule has 6 heteroatoms. The molecule has 34 heavy (non-hydrogen) atoms. The number of nitrogens with zero attached hydrogens (tertiary/aromatic N) is 3. The van der Waals surface area contributed by atoms with Crippen molar-refractivity contribution in [3.8, 4) is 0 Å². The maximum absolute atomic E-state index is 13.7. The van der Waals surface area contributed by atoms with Crippen LogP contribution in [0.1, 0.15) is 97.0 Å². The highest BCUT2D eigenvalue weighted by atomic mass is 16.2. The summed E-state index contributed by atoms with van der Waals surface area (Å²) in [7, 11) is 0. The van der Waals surface area contributed by atoms with Crippen molar-refractivity contribution >= 4 is 11.8 Å².